The van der Waals surface area contributed by atoms with Gasteiger partial charge in [0.25, 0.3) is 0 Å². The second-order valence-corrected chi connectivity index (χ2v) is 4.15. The lowest BCUT2D eigenvalue weighted by Crippen LogP contribution is -2.09. The molecule has 0 saturated carbocycles. The average Bonchev–Trinajstić information content (AvgIpc) is 2.38. The van der Waals surface area contributed by atoms with Crippen LogP contribution in [0.3, 0.4) is 0 Å². The Hall–Kier alpha value is -2.24. The molecule has 0 amide bonds. The number of halogens is 4. The van der Waals surface area contributed by atoms with Crippen LogP contribution in [0.15, 0.2) is 42.7 Å². The fourth-order valence-corrected chi connectivity index (χ4v) is 1.74. The highest BCUT2D eigenvalue weighted by molar-refractivity contribution is 5.97. The van der Waals surface area contributed by atoms with Gasteiger partial charge in [0.2, 0.25) is 0 Å². The molecule has 0 saturated heterocycles. The van der Waals surface area contributed by atoms with Gasteiger partial charge in [0, 0.05) is 12.6 Å². The van der Waals surface area contributed by atoms with Gasteiger partial charge in [0.15, 0.2) is 11.6 Å². The summed E-state index contributed by atoms with van der Waals surface area (Å²) in [6.07, 6.45) is -2.63. The summed E-state index contributed by atoms with van der Waals surface area (Å²) in [6, 6.07) is 5.61. The first-order valence-electron chi connectivity index (χ1n) is 5.67. The van der Waals surface area contributed by atoms with Crippen molar-refractivity contribution in [2.75, 3.05) is 0 Å². The van der Waals surface area contributed by atoms with Crippen molar-refractivity contribution in [1.29, 1.82) is 0 Å². The highest BCUT2D eigenvalue weighted by Crippen LogP contribution is 2.29. The summed E-state index contributed by atoms with van der Waals surface area (Å²) in [4.78, 5) is 15.4. The molecular formula is C14H9F4NO. The van der Waals surface area contributed by atoms with Crippen molar-refractivity contribution in [3.05, 3.63) is 65.2 Å². The van der Waals surface area contributed by atoms with Gasteiger partial charge in [-0.1, -0.05) is 18.2 Å². The van der Waals surface area contributed by atoms with Gasteiger partial charge in [-0.3, -0.25) is 9.78 Å². The third-order valence-electron chi connectivity index (χ3n) is 2.69. The number of hydrogen-bond acceptors (Lipinski definition) is 2. The van der Waals surface area contributed by atoms with E-state index in [1.165, 1.54) is 24.4 Å². The maximum absolute atomic E-state index is 13.3. The van der Waals surface area contributed by atoms with Crippen LogP contribution < -0.4 is 0 Å². The van der Waals surface area contributed by atoms with Crippen molar-refractivity contribution in [2.24, 2.45) is 0 Å². The molecule has 0 aliphatic heterocycles. The predicted octanol–water partition coefficient (Wildman–Crippen LogP) is 3.66. The van der Waals surface area contributed by atoms with Crippen LogP contribution in [-0.4, -0.2) is 10.8 Å². The summed E-state index contributed by atoms with van der Waals surface area (Å²) in [6.45, 7) is 0. The molecule has 20 heavy (non-hydrogen) atoms. The lowest BCUT2D eigenvalue weighted by Gasteiger charge is -2.08. The van der Waals surface area contributed by atoms with Crippen LogP contribution in [0.4, 0.5) is 17.6 Å². The van der Waals surface area contributed by atoms with Crippen LogP contribution in [0, 0.1) is 5.82 Å². The highest BCUT2D eigenvalue weighted by atomic mass is 19.4. The number of ketones is 1. The standard InChI is InChI=1S/C14H9F4NO/c15-12-8-19-5-4-11(12)13(20)7-9-2-1-3-10(6-9)14(16,17)18/h1-6,8H,7H2. The number of benzene rings is 1. The van der Waals surface area contributed by atoms with Gasteiger partial charge in [-0.15, -0.1) is 0 Å². The third kappa shape index (κ3) is 3.20. The molecule has 0 N–H and O–H groups in total. The van der Waals surface area contributed by atoms with Crippen molar-refractivity contribution in [3.63, 3.8) is 0 Å². The van der Waals surface area contributed by atoms with Crippen molar-refractivity contribution >= 4 is 5.78 Å². The molecule has 2 aromatic rings. The molecule has 1 aromatic carbocycles. The molecule has 0 radical (unpaired) electrons. The summed E-state index contributed by atoms with van der Waals surface area (Å²) >= 11 is 0. The molecule has 0 fully saturated rings. The molecule has 0 bridgehead atoms. The quantitative estimate of drug-likeness (QED) is 0.635. The average molecular weight is 283 g/mol. The van der Waals surface area contributed by atoms with Gasteiger partial charge >= 0.3 is 6.18 Å². The van der Waals surface area contributed by atoms with E-state index in [1.54, 1.807) is 0 Å². The predicted molar refractivity (Wildman–Crippen MR) is 63.7 cm³/mol. The molecule has 1 heterocycles. The normalized spacial score (nSPS) is 11.4. The molecule has 0 unspecified atom stereocenters. The number of pyridine rings is 1. The molecule has 1 aromatic heterocycles. The number of carbonyl (C=O) groups is 1. The summed E-state index contributed by atoms with van der Waals surface area (Å²) < 4.78 is 51.0. The first kappa shape index (κ1) is 14.2. The second-order valence-electron chi connectivity index (χ2n) is 4.15. The van der Waals surface area contributed by atoms with Crippen LogP contribution in [0.5, 0.6) is 0 Å². The minimum atomic E-state index is -4.47. The summed E-state index contributed by atoms with van der Waals surface area (Å²) in [5, 5.41) is 0. The van der Waals surface area contributed by atoms with Gasteiger partial charge in [0.05, 0.1) is 17.3 Å². The first-order valence-corrected chi connectivity index (χ1v) is 5.67. The van der Waals surface area contributed by atoms with Crippen molar-refractivity contribution in [3.8, 4) is 0 Å². The Kier molecular flexibility index (Phi) is 3.83. The molecular weight excluding hydrogens is 274 g/mol. The Morgan fingerprint density at radius 3 is 2.60 bits per heavy atom. The SMILES string of the molecule is O=C(Cc1cccc(C(F)(F)F)c1)c1ccncc1F. The molecule has 6 heteroatoms. The fraction of sp³-hybridized carbons (Fsp3) is 0.143. The van der Waals surface area contributed by atoms with Crippen molar-refractivity contribution in [2.45, 2.75) is 12.6 Å². The molecule has 2 rings (SSSR count). The first-order chi connectivity index (χ1) is 9.38. The van der Waals surface area contributed by atoms with Gasteiger partial charge in [-0.25, -0.2) is 4.39 Å². The Morgan fingerprint density at radius 1 is 1.20 bits per heavy atom. The van der Waals surface area contributed by atoms with Crippen LogP contribution in [0.25, 0.3) is 0 Å². The van der Waals surface area contributed by atoms with Gasteiger partial charge in [0.1, 0.15) is 0 Å². The zero-order chi connectivity index (χ0) is 14.8. The van der Waals surface area contributed by atoms with E-state index in [2.05, 4.69) is 4.98 Å². The summed E-state index contributed by atoms with van der Waals surface area (Å²) in [5.74, 6) is -1.38. The Bertz CT molecular complexity index is 637. The van der Waals surface area contributed by atoms with Crippen LogP contribution in [0.1, 0.15) is 21.5 Å². The van der Waals surface area contributed by atoms with E-state index in [0.717, 1.165) is 18.3 Å². The summed E-state index contributed by atoms with van der Waals surface area (Å²) in [7, 11) is 0. The number of carbonyl (C=O) groups excluding carboxylic acids is 1. The number of Topliss-reactive ketones (excluding diaryl/α,β-unsaturated/α-hetero) is 1. The van der Waals surface area contributed by atoms with E-state index in [-0.39, 0.29) is 17.5 Å². The van der Waals surface area contributed by atoms with E-state index in [1.807, 2.05) is 0 Å². The maximum Gasteiger partial charge on any atom is 0.416 e. The summed E-state index contributed by atoms with van der Waals surface area (Å²) in [5.41, 5.74) is -0.837. The van der Waals surface area contributed by atoms with Crippen molar-refractivity contribution < 1.29 is 22.4 Å². The molecule has 2 nitrogen and oxygen atoms in total. The molecule has 0 atom stereocenters. The van der Waals surface area contributed by atoms with E-state index in [9.17, 15) is 22.4 Å². The number of aromatic nitrogens is 1. The van der Waals surface area contributed by atoms with Crippen LogP contribution >= 0.6 is 0 Å². The largest absolute Gasteiger partial charge is 0.416 e. The van der Waals surface area contributed by atoms with Gasteiger partial charge in [-0.2, -0.15) is 13.2 Å². The minimum absolute atomic E-state index is 0.182. The van der Waals surface area contributed by atoms with Crippen molar-refractivity contribution in [1.82, 2.24) is 4.98 Å². The van der Waals surface area contributed by atoms with E-state index < -0.39 is 23.3 Å². The topological polar surface area (TPSA) is 30.0 Å². The number of rotatable bonds is 3. The molecule has 104 valence electrons. The minimum Gasteiger partial charge on any atom is -0.294 e. The fourth-order valence-electron chi connectivity index (χ4n) is 1.74. The van der Waals surface area contributed by atoms with Crippen LogP contribution in [0.2, 0.25) is 0 Å². The van der Waals surface area contributed by atoms with E-state index >= 15 is 0 Å². The smallest absolute Gasteiger partial charge is 0.294 e. The Morgan fingerprint density at radius 2 is 1.95 bits per heavy atom. The monoisotopic (exact) mass is 283 g/mol. The maximum atomic E-state index is 13.3. The molecule has 0 aliphatic carbocycles. The van der Waals surface area contributed by atoms with Gasteiger partial charge in [-0.05, 0) is 17.7 Å². The second kappa shape index (κ2) is 5.40. The molecule has 0 aliphatic rings. The zero-order valence-electron chi connectivity index (χ0n) is 10.1. The Balaban J connectivity index is 2.23. The van der Waals surface area contributed by atoms with E-state index in [4.69, 9.17) is 0 Å². The number of alkyl halides is 3. The van der Waals surface area contributed by atoms with E-state index in [0.29, 0.717) is 0 Å². The highest BCUT2D eigenvalue weighted by Gasteiger charge is 2.30. The Labute approximate surface area is 112 Å². The zero-order valence-corrected chi connectivity index (χ0v) is 10.1. The lowest BCUT2D eigenvalue weighted by molar-refractivity contribution is -0.137. The number of nitrogens with zero attached hydrogens (tertiary/aromatic N) is 1. The number of hydrogen-bond donors (Lipinski definition) is 0. The molecule has 0 spiro atoms. The van der Waals surface area contributed by atoms with Crippen LogP contribution in [-0.2, 0) is 12.6 Å². The van der Waals surface area contributed by atoms with Gasteiger partial charge < -0.3 is 0 Å². The lowest BCUT2D eigenvalue weighted by atomic mass is 10.0. The third-order valence-corrected chi connectivity index (χ3v) is 2.69.